The zero-order valence-electron chi connectivity index (χ0n) is 14.1. The largest absolute Gasteiger partial charge is 0.493 e. The highest BCUT2D eigenvalue weighted by molar-refractivity contribution is 6.30. The molecule has 0 bridgehead atoms. The van der Waals surface area contributed by atoms with E-state index in [1.807, 2.05) is 31.2 Å². The lowest BCUT2D eigenvalue weighted by Crippen LogP contribution is -2.30. The molecule has 0 aromatic heterocycles. The Kier molecular flexibility index (Phi) is 6.83. The van der Waals surface area contributed by atoms with Crippen molar-refractivity contribution < 1.29 is 19.1 Å². The van der Waals surface area contributed by atoms with Gasteiger partial charge in [0.15, 0.2) is 6.10 Å². The van der Waals surface area contributed by atoms with Gasteiger partial charge in [0, 0.05) is 10.7 Å². The Morgan fingerprint density at radius 1 is 1.16 bits per heavy atom. The topological polar surface area (TPSA) is 64.6 Å². The molecule has 0 fully saturated rings. The molecule has 2 aromatic rings. The molecule has 0 heterocycles. The molecule has 5 nitrogen and oxygen atoms in total. The summed E-state index contributed by atoms with van der Waals surface area (Å²) in [5.74, 6) is -0.226. The molecule has 1 amide bonds. The minimum atomic E-state index is -0.912. The van der Waals surface area contributed by atoms with Crippen LogP contribution in [0.15, 0.2) is 48.5 Å². The van der Waals surface area contributed by atoms with Gasteiger partial charge in [-0.25, -0.2) is 0 Å². The van der Waals surface area contributed by atoms with Crippen LogP contribution in [0.25, 0.3) is 0 Å². The van der Waals surface area contributed by atoms with Crippen molar-refractivity contribution in [2.75, 3.05) is 11.9 Å². The van der Waals surface area contributed by atoms with Gasteiger partial charge in [-0.1, -0.05) is 29.8 Å². The zero-order valence-corrected chi connectivity index (χ0v) is 14.9. The van der Waals surface area contributed by atoms with Crippen molar-refractivity contribution in [2.24, 2.45) is 0 Å². The fourth-order valence-corrected chi connectivity index (χ4v) is 2.27. The number of esters is 1. The van der Waals surface area contributed by atoms with E-state index in [4.69, 9.17) is 21.1 Å². The summed E-state index contributed by atoms with van der Waals surface area (Å²) in [5.41, 5.74) is 1.62. The Balaban J connectivity index is 1.74. The molecule has 0 saturated heterocycles. The third-order valence-electron chi connectivity index (χ3n) is 3.33. The summed E-state index contributed by atoms with van der Waals surface area (Å²) >= 11 is 5.86. The van der Waals surface area contributed by atoms with Gasteiger partial charge in [-0.2, -0.15) is 0 Å². The maximum atomic E-state index is 12.0. The van der Waals surface area contributed by atoms with E-state index in [9.17, 15) is 9.59 Å². The number of benzene rings is 2. The van der Waals surface area contributed by atoms with Crippen molar-refractivity contribution in [3.8, 4) is 5.75 Å². The van der Waals surface area contributed by atoms with Gasteiger partial charge in [0.25, 0.3) is 5.91 Å². The van der Waals surface area contributed by atoms with Crippen molar-refractivity contribution in [1.82, 2.24) is 0 Å². The zero-order chi connectivity index (χ0) is 18.2. The van der Waals surface area contributed by atoms with Crippen LogP contribution in [0.2, 0.25) is 5.02 Å². The highest BCUT2D eigenvalue weighted by atomic mass is 35.5. The minimum absolute atomic E-state index is 0.0583. The van der Waals surface area contributed by atoms with Crippen LogP contribution in [0, 0.1) is 6.92 Å². The van der Waals surface area contributed by atoms with Crippen LogP contribution in [-0.4, -0.2) is 24.6 Å². The average Bonchev–Trinajstić information content (AvgIpc) is 2.55. The second kappa shape index (κ2) is 9.08. The molecule has 1 N–H and O–H groups in total. The van der Waals surface area contributed by atoms with E-state index in [2.05, 4.69) is 5.32 Å². The lowest BCUT2D eigenvalue weighted by atomic mass is 10.2. The molecule has 0 radical (unpaired) electrons. The van der Waals surface area contributed by atoms with E-state index in [0.29, 0.717) is 16.5 Å². The van der Waals surface area contributed by atoms with E-state index >= 15 is 0 Å². The van der Waals surface area contributed by atoms with Gasteiger partial charge in [0.1, 0.15) is 5.75 Å². The number of hydrogen-bond acceptors (Lipinski definition) is 4. The Bertz CT molecular complexity index is 748. The van der Waals surface area contributed by atoms with Gasteiger partial charge in [-0.05, 0) is 49.7 Å². The molecule has 0 aliphatic rings. The number of rotatable bonds is 7. The average molecular weight is 362 g/mol. The molecule has 0 unspecified atom stereocenters. The highest BCUT2D eigenvalue weighted by Gasteiger charge is 2.18. The summed E-state index contributed by atoms with van der Waals surface area (Å²) in [7, 11) is 0. The van der Waals surface area contributed by atoms with Gasteiger partial charge in [0.2, 0.25) is 0 Å². The number of amides is 1. The van der Waals surface area contributed by atoms with E-state index < -0.39 is 18.0 Å². The Labute approximate surface area is 151 Å². The Morgan fingerprint density at radius 3 is 2.64 bits per heavy atom. The quantitative estimate of drug-likeness (QED) is 0.757. The number of halogens is 1. The first-order valence-corrected chi connectivity index (χ1v) is 8.27. The second-order valence-corrected chi connectivity index (χ2v) is 5.98. The predicted octanol–water partition coefficient (Wildman–Crippen LogP) is 3.99. The standard InChI is InChI=1S/C19H20ClNO4/c1-13-5-3-8-17(11-13)24-10-9-18(22)25-14(2)19(23)21-16-7-4-6-15(20)12-16/h3-8,11-12,14H,9-10H2,1-2H3,(H,21,23)/t14-/m0/s1. The first-order chi connectivity index (χ1) is 11.9. The lowest BCUT2D eigenvalue weighted by Gasteiger charge is -2.14. The highest BCUT2D eigenvalue weighted by Crippen LogP contribution is 2.15. The van der Waals surface area contributed by atoms with E-state index in [1.54, 1.807) is 24.3 Å². The molecule has 2 aromatic carbocycles. The minimum Gasteiger partial charge on any atom is -0.493 e. The summed E-state index contributed by atoms with van der Waals surface area (Å²) in [5, 5.41) is 3.15. The fraction of sp³-hybridized carbons (Fsp3) is 0.263. The lowest BCUT2D eigenvalue weighted by molar-refractivity contribution is -0.153. The molecule has 0 aliphatic carbocycles. The molecule has 1 atom stereocenters. The van der Waals surface area contributed by atoms with Crippen LogP contribution >= 0.6 is 11.6 Å². The van der Waals surface area contributed by atoms with Crippen LogP contribution in [0.1, 0.15) is 18.9 Å². The van der Waals surface area contributed by atoms with Crippen molar-refractivity contribution in [2.45, 2.75) is 26.4 Å². The number of carbonyl (C=O) groups excluding carboxylic acids is 2. The summed E-state index contributed by atoms with van der Waals surface area (Å²) in [4.78, 5) is 23.8. The van der Waals surface area contributed by atoms with Crippen molar-refractivity contribution in [3.63, 3.8) is 0 Å². The molecule has 2 rings (SSSR count). The maximum Gasteiger partial charge on any atom is 0.310 e. The first kappa shape index (κ1) is 18.8. The summed E-state index contributed by atoms with van der Waals surface area (Å²) in [6.45, 7) is 3.66. The van der Waals surface area contributed by atoms with Crippen LogP contribution in [0.3, 0.4) is 0 Å². The summed E-state index contributed by atoms with van der Waals surface area (Å²) < 4.78 is 10.6. The molecule has 132 valence electrons. The monoisotopic (exact) mass is 361 g/mol. The van der Waals surface area contributed by atoms with Gasteiger partial charge in [0.05, 0.1) is 13.0 Å². The molecular formula is C19H20ClNO4. The van der Waals surface area contributed by atoms with Gasteiger partial charge in [-0.15, -0.1) is 0 Å². The van der Waals surface area contributed by atoms with E-state index in [-0.39, 0.29) is 13.0 Å². The van der Waals surface area contributed by atoms with Crippen molar-refractivity contribution >= 4 is 29.2 Å². The normalized spacial score (nSPS) is 11.5. The molecule has 0 aliphatic heterocycles. The number of nitrogens with one attached hydrogen (secondary N) is 1. The maximum absolute atomic E-state index is 12.0. The van der Waals surface area contributed by atoms with Crippen molar-refractivity contribution in [3.05, 3.63) is 59.1 Å². The number of aryl methyl sites for hydroxylation is 1. The van der Waals surface area contributed by atoms with Gasteiger partial charge >= 0.3 is 5.97 Å². The van der Waals surface area contributed by atoms with Gasteiger partial charge < -0.3 is 14.8 Å². The summed E-state index contributed by atoms with van der Waals surface area (Å²) in [6, 6.07) is 14.3. The Hall–Kier alpha value is -2.53. The number of hydrogen-bond donors (Lipinski definition) is 1. The number of anilines is 1. The summed E-state index contributed by atoms with van der Waals surface area (Å²) in [6.07, 6.45) is -0.853. The fourth-order valence-electron chi connectivity index (χ4n) is 2.08. The molecule has 6 heteroatoms. The van der Waals surface area contributed by atoms with E-state index in [0.717, 1.165) is 5.56 Å². The van der Waals surface area contributed by atoms with E-state index in [1.165, 1.54) is 6.92 Å². The van der Waals surface area contributed by atoms with Gasteiger partial charge in [-0.3, -0.25) is 9.59 Å². The SMILES string of the molecule is Cc1cccc(OCCC(=O)O[C@@H](C)C(=O)Nc2cccc(Cl)c2)c1. The predicted molar refractivity (Wildman–Crippen MR) is 96.9 cm³/mol. The number of carbonyl (C=O) groups is 2. The molecule has 0 saturated carbocycles. The third-order valence-corrected chi connectivity index (χ3v) is 3.57. The third kappa shape index (κ3) is 6.47. The Morgan fingerprint density at radius 2 is 1.92 bits per heavy atom. The second-order valence-electron chi connectivity index (χ2n) is 5.55. The number of ether oxygens (including phenoxy) is 2. The van der Waals surface area contributed by atoms with Crippen LogP contribution in [0.5, 0.6) is 5.75 Å². The van der Waals surface area contributed by atoms with Crippen molar-refractivity contribution in [1.29, 1.82) is 0 Å². The molecule has 25 heavy (non-hydrogen) atoms. The molecular weight excluding hydrogens is 342 g/mol. The van der Waals surface area contributed by atoms with Crippen LogP contribution < -0.4 is 10.1 Å². The smallest absolute Gasteiger partial charge is 0.310 e. The van der Waals surface area contributed by atoms with Crippen LogP contribution in [-0.2, 0) is 14.3 Å². The first-order valence-electron chi connectivity index (χ1n) is 7.89. The van der Waals surface area contributed by atoms with Crippen LogP contribution in [0.4, 0.5) is 5.69 Å². The molecule has 0 spiro atoms.